The summed E-state index contributed by atoms with van der Waals surface area (Å²) in [4.78, 5) is 23.3. The van der Waals surface area contributed by atoms with Crippen LogP contribution in [0.1, 0.15) is 31.2 Å². The maximum atomic E-state index is 12.2. The molecule has 0 aromatic heterocycles. The van der Waals surface area contributed by atoms with Crippen molar-refractivity contribution in [2.75, 3.05) is 0 Å². The summed E-state index contributed by atoms with van der Waals surface area (Å²) in [6, 6.07) is 5.11. The standard InChI is InChI=1S/C15H17Cl2NO3/c16-12-6-5-9(7-13(12)17)8-18-14(19)10-3-1-2-4-11(10)15(20)21/h5-7,10-11H,1-4,8H2,(H,18,19)(H,20,21)/p-1. The van der Waals surface area contributed by atoms with Gasteiger partial charge in [-0.25, -0.2) is 0 Å². The second-order valence-corrected chi connectivity index (χ2v) is 6.10. The van der Waals surface area contributed by atoms with Gasteiger partial charge in [0.15, 0.2) is 0 Å². The Morgan fingerprint density at radius 1 is 1.14 bits per heavy atom. The molecule has 1 aliphatic carbocycles. The van der Waals surface area contributed by atoms with Crippen LogP contribution in [0.2, 0.25) is 10.0 Å². The van der Waals surface area contributed by atoms with Gasteiger partial charge in [0.2, 0.25) is 5.91 Å². The van der Waals surface area contributed by atoms with Crippen molar-refractivity contribution in [3.05, 3.63) is 33.8 Å². The molecule has 0 heterocycles. The molecule has 0 radical (unpaired) electrons. The lowest BCUT2D eigenvalue weighted by atomic mass is 9.78. The zero-order chi connectivity index (χ0) is 15.4. The average molecular weight is 329 g/mol. The number of aliphatic carboxylic acids is 1. The van der Waals surface area contributed by atoms with E-state index in [9.17, 15) is 14.7 Å². The molecule has 0 aliphatic heterocycles. The number of nitrogens with one attached hydrogen (secondary N) is 1. The van der Waals surface area contributed by atoms with Crippen molar-refractivity contribution in [3.8, 4) is 0 Å². The molecular formula is C15H16Cl2NO3-. The van der Waals surface area contributed by atoms with Crippen molar-refractivity contribution in [2.45, 2.75) is 32.2 Å². The molecule has 1 aliphatic rings. The van der Waals surface area contributed by atoms with E-state index in [2.05, 4.69) is 5.32 Å². The molecule has 21 heavy (non-hydrogen) atoms. The van der Waals surface area contributed by atoms with Gasteiger partial charge in [-0.2, -0.15) is 0 Å². The number of carboxylic acids is 1. The maximum Gasteiger partial charge on any atom is 0.224 e. The quantitative estimate of drug-likeness (QED) is 0.920. The number of carbonyl (C=O) groups is 2. The third kappa shape index (κ3) is 4.11. The molecule has 1 N–H and O–H groups in total. The molecule has 2 atom stereocenters. The van der Waals surface area contributed by atoms with E-state index in [0.717, 1.165) is 18.4 Å². The molecule has 1 fully saturated rings. The molecule has 1 aromatic rings. The second kappa shape index (κ2) is 7.14. The van der Waals surface area contributed by atoms with Gasteiger partial charge in [-0.1, -0.05) is 42.1 Å². The number of amides is 1. The van der Waals surface area contributed by atoms with Crippen molar-refractivity contribution in [3.63, 3.8) is 0 Å². The SMILES string of the molecule is O=C([O-])C1CCCCC1C(=O)NCc1ccc(Cl)c(Cl)c1. The predicted octanol–water partition coefficient (Wildman–Crippen LogP) is 2.17. The van der Waals surface area contributed by atoms with Gasteiger partial charge in [0.25, 0.3) is 0 Å². The largest absolute Gasteiger partial charge is 0.550 e. The predicted molar refractivity (Wildman–Crippen MR) is 78.8 cm³/mol. The lowest BCUT2D eigenvalue weighted by Crippen LogP contribution is -2.44. The molecular weight excluding hydrogens is 313 g/mol. The minimum absolute atomic E-state index is 0.241. The first-order valence-electron chi connectivity index (χ1n) is 6.91. The zero-order valence-corrected chi connectivity index (χ0v) is 12.9. The third-order valence-electron chi connectivity index (χ3n) is 3.86. The van der Waals surface area contributed by atoms with Crippen molar-refractivity contribution < 1.29 is 14.7 Å². The Labute approximate surface area is 133 Å². The van der Waals surface area contributed by atoms with Gasteiger partial charge in [0.1, 0.15) is 0 Å². The maximum absolute atomic E-state index is 12.2. The Morgan fingerprint density at radius 2 is 1.81 bits per heavy atom. The summed E-state index contributed by atoms with van der Waals surface area (Å²) in [5.41, 5.74) is 0.818. The highest BCUT2D eigenvalue weighted by Crippen LogP contribution is 2.30. The number of hydrogen-bond acceptors (Lipinski definition) is 3. The van der Waals surface area contributed by atoms with Gasteiger partial charge in [-0.05, 0) is 30.5 Å². The molecule has 1 amide bonds. The smallest absolute Gasteiger partial charge is 0.224 e. The van der Waals surface area contributed by atoms with E-state index in [0.29, 0.717) is 29.4 Å². The number of rotatable bonds is 4. The molecule has 0 bridgehead atoms. The summed E-state index contributed by atoms with van der Waals surface area (Å²) in [6.07, 6.45) is 2.79. The molecule has 0 saturated heterocycles. The van der Waals surface area contributed by atoms with E-state index in [-0.39, 0.29) is 5.91 Å². The van der Waals surface area contributed by atoms with Crippen molar-refractivity contribution in [2.24, 2.45) is 11.8 Å². The fourth-order valence-electron chi connectivity index (χ4n) is 2.70. The monoisotopic (exact) mass is 328 g/mol. The van der Waals surface area contributed by atoms with Crippen LogP contribution in [0.5, 0.6) is 0 Å². The highest BCUT2D eigenvalue weighted by molar-refractivity contribution is 6.42. The normalized spacial score (nSPS) is 21.8. The van der Waals surface area contributed by atoms with Crippen molar-refractivity contribution in [1.29, 1.82) is 0 Å². The van der Waals surface area contributed by atoms with Crippen molar-refractivity contribution in [1.82, 2.24) is 5.32 Å². The summed E-state index contributed by atoms with van der Waals surface area (Å²) < 4.78 is 0. The molecule has 6 heteroatoms. The van der Waals surface area contributed by atoms with Crippen LogP contribution in [-0.4, -0.2) is 11.9 Å². The van der Waals surface area contributed by atoms with Crippen LogP contribution in [0, 0.1) is 11.8 Å². The third-order valence-corrected chi connectivity index (χ3v) is 4.60. The number of benzene rings is 1. The van der Waals surface area contributed by atoms with Gasteiger partial charge < -0.3 is 15.2 Å². The van der Waals surface area contributed by atoms with Crippen LogP contribution in [0.25, 0.3) is 0 Å². The topological polar surface area (TPSA) is 69.2 Å². The first kappa shape index (κ1) is 16.1. The van der Waals surface area contributed by atoms with E-state index in [1.165, 1.54) is 0 Å². The van der Waals surface area contributed by atoms with Gasteiger partial charge >= 0.3 is 0 Å². The van der Waals surface area contributed by atoms with Crippen LogP contribution < -0.4 is 10.4 Å². The van der Waals surface area contributed by atoms with Crippen LogP contribution in [0.4, 0.5) is 0 Å². The molecule has 2 rings (SSSR count). The summed E-state index contributed by atoms with van der Waals surface area (Å²) in [7, 11) is 0. The molecule has 0 spiro atoms. The summed E-state index contributed by atoms with van der Waals surface area (Å²) >= 11 is 11.7. The van der Waals surface area contributed by atoms with E-state index >= 15 is 0 Å². The summed E-state index contributed by atoms with van der Waals surface area (Å²) in [5, 5.41) is 14.8. The minimum atomic E-state index is -1.13. The van der Waals surface area contributed by atoms with E-state index in [1.54, 1.807) is 18.2 Å². The molecule has 2 unspecified atom stereocenters. The first-order valence-corrected chi connectivity index (χ1v) is 7.67. The molecule has 1 aromatic carbocycles. The molecule has 1 saturated carbocycles. The van der Waals surface area contributed by atoms with Crippen molar-refractivity contribution >= 4 is 35.1 Å². The Kier molecular flexibility index (Phi) is 5.48. The lowest BCUT2D eigenvalue weighted by molar-refractivity contribution is -0.314. The van der Waals surface area contributed by atoms with Crippen LogP contribution >= 0.6 is 23.2 Å². The highest BCUT2D eigenvalue weighted by Gasteiger charge is 2.31. The number of carbonyl (C=O) groups excluding carboxylic acids is 2. The Balaban J connectivity index is 1.96. The average Bonchev–Trinajstić information content (AvgIpc) is 2.48. The van der Waals surface area contributed by atoms with Gasteiger partial charge in [-0.15, -0.1) is 0 Å². The van der Waals surface area contributed by atoms with E-state index in [4.69, 9.17) is 23.2 Å². The van der Waals surface area contributed by atoms with Gasteiger partial charge in [0.05, 0.1) is 10.0 Å². The summed E-state index contributed by atoms with van der Waals surface area (Å²) in [6.45, 7) is 0.298. The molecule has 4 nitrogen and oxygen atoms in total. The van der Waals surface area contributed by atoms with E-state index < -0.39 is 17.8 Å². The number of hydrogen-bond donors (Lipinski definition) is 1. The number of carboxylic acid groups (broad SMARTS) is 1. The van der Waals surface area contributed by atoms with Gasteiger partial charge in [0, 0.05) is 24.3 Å². The van der Waals surface area contributed by atoms with E-state index in [1.807, 2.05) is 0 Å². The van der Waals surface area contributed by atoms with Crippen LogP contribution in [0.15, 0.2) is 18.2 Å². The highest BCUT2D eigenvalue weighted by atomic mass is 35.5. The second-order valence-electron chi connectivity index (χ2n) is 5.28. The zero-order valence-electron chi connectivity index (χ0n) is 11.4. The minimum Gasteiger partial charge on any atom is -0.550 e. The van der Waals surface area contributed by atoms with Gasteiger partial charge in [-0.3, -0.25) is 4.79 Å². The number of halogens is 2. The van der Waals surface area contributed by atoms with Crippen LogP contribution in [0.3, 0.4) is 0 Å². The lowest BCUT2D eigenvalue weighted by Gasteiger charge is -2.31. The first-order chi connectivity index (χ1) is 9.99. The Hall–Kier alpha value is -1.26. The fraction of sp³-hybridized carbons (Fsp3) is 0.467. The fourth-order valence-corrected chi connectivity index (χ4v) is 3.02. The Bertz CT molecular complexity index is 548. The summed E-state index contributed by atoms with van der Waals surface area (Å²) in [5.74, 6) is -2.57. The Morgan fingerprint density at radius 3 is 2.43 bits per heavy atom. The van der Waals surface area contributed by atoms with Crippen LogP contribution in [-0.2, 0) is 16.1 Å². The molecule has 114 valence electrons.